The Balaban J connectivity index is 1.60. The minimum absolute atomic E-state index is 0.00498. The van der Waals surface area contributed by atoms with Crippen LogP contribution in [0.5, 0.6) is 0 Å². The second kappa shape index (κ2) is 6.06. The van der Waals surface area contributed by atoms with Gasteiger partial charge < -0.3 is 9.55 Å². The van der Waals surface area contributed by atoms with Gasteiger partial charge in [0.15, 0.2) is 0 Å². The minimum atomic E-state index is -0.154. The Bertz CT molecular complexity index is 1020. The highest BCUT2D eigenvalue weighted by molar-refractivity contribution is 5.75. The Morgan fingerprint density at radius 3 is 2.69 bits per heavy atom. The lowest BCUT2D eigenvalue weighted by atomic mass is 9.95. The van der Waals surface area contributed by atoms with Crippen molar-refractivity contribution >= 4 is 11.0 Å². The predicted octanol–water partition coefficient (Wildman–Crippen LogP) is 2.51. The van der Waals surface area contributed by atoms with Crippen LogP contribution in [0.25, 0.3) is 11.0 Å². The zero-order valence-electron chi connectivity index (χ0n) is 15.8. The van der Waals surface area contributed by atoms with Gasteiger partial charge >= 0.3 is 0 Å². The largest absolute Gasteiger partial charge is 0.330 e. The minimum Gasteiger partial charge on any atom is -0.330 e. The molecular formula is C20H25N5O. The molecule has 0 aliphatic carbocycles. The van der Waals surface area contributed by atoms with Crippen molar-refractivity contribution in [1.82, 2.24) is 24.4 Å². The van der Waals surface area contributed by atoms with Gasteiger partial charge in [-0.3, -0.25) is 9.69 Å². The number of aromatic amines is 1. The zero-order valence-corrected chi connectivity index (χ0v) is 15.8. The molecule has 0 saturated carbocycles. The summed E-state index contributed by atoms with van der Waals surface area (Å²) in [4.78, 5) is 27.3. The summed E-state index contributed by atoms with van der Waals surface area (Å²) in [6, 6.07) is 8.16. The van der Waals surface area contributed by atoms with Crippen LogP contribution in [-0.2, 0) is 32.0 Å². The Morgan fingerprint density at radius 2 is 1.96 bits per heavy atom. The van der Waals surface area contributed by atoms with E-state index in [0.717, 1.165) is 53.4 Å². The molecule has 1 aliphatic rings. The Labute approximate surface area is 152 Å². The maximum absolute atomic E-state index is 12.6. The van der Waals surface area contributed by atoms with Gasteiger partial charge in [-0.1, -0.05) is 32.9 Å². The molecule has 0 radical (unpaired) electrons. The van der Waals surface area contributed by atoms with Gasteiger partial charge in [0.1, 0.15) is 11.6 Å². The van der Waals surface area contributed by atoms with Gasteiger partial charge in [-0.2, -0.15) is 0 Å². The molecular weight excluding hydrogens is 326 g/mol. The molecule has 136 valence electrons. The standard InChI is InChI=1S/C20H25N5O/c1-20(2,3)19-22-14-9-10-25(11-13(14)18(26)23-19)12-17-21-15-7-5-6-8-16(15)24(17)4/h5-8H,9-12H2,1-4H3,(H,22,23,26). The molecule has 0 spiro atoms. The van der Waals surface area contributed by atoms with Gasteiger partial charge in [0.25, 0.3) is 5.56 Å². The highest BCUT2D eigenvalue weighted by Gasteiger charge is 2.25. The van der Waals surface area contributed by atoms with E-state index in [-0.39, 0.29) is 11.0 Å². The summed E-state index contributed by atoms with van der Waals surface area (Å²) in [6.07, 6.45) is 0.798. The first kappa shape index (κ1) is 17.0. The number of hydrogen-bond donors (Lipinski definition) is 1. The van der Waals surface area contributed by atoms with E-state index < -0.39 is 0 Å². The van der Waals surface area contributed by atoms with E-state index in [4.69, 9.17) is 9.97 Å². The molecule has 6 nitrogen and oxygen atoms in total. The smallest absolute Gasteiger partial charge is 0.255 e. The summed E-state index contributed by atoms with van der Waals surface area (Å²) < 4.78 is 2.13. The van der Waals surface area contributed by atoms with Crippen LogP contribution in [0, 0.1) is 0 Å². The fourth-order valence-electron chi connectivity index (χ4n) is 3.51. The summed E-state index contributed by atoms with van der Waals surface area (Å²) >= 11 is 0. The molecule has 3 heterocycles. The van der Waals surface area contributed by atoms with Gasteiger partial charge in [0.05, 0.1) is 28.8 Å². The summed E-state index contributed by atoms with van der Waals surface area (Å²) in [5, 5.41) is 0. The Hall–Kier alpha value is -2.47. The lowest BCUT2D eigenvalue weighted by Crippen LogP contribution is -2.37. The molecule has 1 aromatic carbocycles. The molecule has 0 saturated heterocycles. The van der Waals surface area contributed by atoms with Crippen LogP contribution in [-0.4, -0.2) is 31.0 Å². The number of aromatic nitrogens is 4. The van der Waals surface area contributed by atoms with Crippen molar-refractivity contribution < 1.29 is 0 Å². The number of hydrogen-bond acceptors (Lipinski definition) is 4. The number of imidazole rings is 1. The first-order valence-corrected chi connectivity index (χ1v) is 9.08. The van der Waals surface area contributed by atoms with E-state index in [0.29, 0.717) is 6.54 Å². The maximum Gasteiger partial charge on any atom is 0.255 e. The van der Waals surface area contributed by atoms with Crippen molar-refractivity contribution in [3.63, 3.8) is 0 Å². The SMILES string of the molecule is Cn1c(CN2CCc3nc(C(C)(C)C)[nH]c(=O)c3C2)nc2ccccc21. The molecule has 0 unspecified atom stereocenters. The molecule has 1 aliphatic heterocycles. The van der Waals surface area contributed by atoms with E-state index >= 15 is 0 Å². The highest BCUT2D eigenvalue weighted by atomic mass is 16.1. The zero-order chi connectivity index (χ0) is 18.5. The Morgan fingerprint density at radius 1 is 1.19 bits per heavy atom. The first-order valence-electron chi connectivity index (χ1n) is 9.08. The third-order valence-corrected chi connectivity index (χ3v) is 5.10. The average Bonchev–Trinajstić information content (AvgIpc) is 2.91. The van der Waals surface area contributed by atoms with Crippen LogP contribution in [0.1, 0.15) is 43.7 Å². The molecule has 3 aromatic rings. The number of nitrogens with zero attached hydrogens (tertiary/aromatic N) is 4. The normalized spacial score (nSPS) is 15.4. The van der Waals surface area contributed by atoms with Crippen LogP contribution in [0.2, 0.25) is 0 Å². The van der Waals surface area contributed by atoms with Gasteiger partial charge in [0.2, 0.25) is 0 Å². The number of H-pyrrole nitrogens is 1. The van der Waals surface area contributed by atoms with Crippen LogP contribution < -0.4 is 5.56 Å². The first-order chi connectivity index (χ1) is 12.3. The molecule has 6 heteroatoms. The van der Waals surface area contributed by atoms with Crippen molar-refractivity contribution in [2.45, 2.75) is 45.7 Å². The van der Waals surface area contributed by atoms with E-state index in [2.05, 4.69) is 41.3 Å². The Kier molecular flexibility index (Phi) is 3.95. The molecule has 0 amide bonds. The second-order valence-electron chi connectivity index (χ2n) is 8.13. The van der Waals surface area contributed by atoms with Crippen molar-refractivity contribution in [3.05, 3.63) is 57.5 Å². The van der Waals surface area contributed by atoms with Gasteiger partial charge in [0, 0.05) is 32.0 Å². The molecule has 4 rings (SSSR count). The monoisotopic (exact) mass is 351 g/mol. The van der Waals surface area contributed by atoms with E-state index in [1.807, 2.05) is 25.2 Å². The van der Waals surface area contributed by atoms with E-state index in [9.17, 15) is 4.79 Å². The van der Waals surface area contributed by atoms with Crippen molar-refractivity contribution in [2.75, 3.05) is 6.54 Å². The molecule has 1 N–H and O–H groups in total. The summed E-state index contributed by atoms with van der Waals surface area (Å²) in [5.41, 5.74) is 3.72. The number of para-hydroxylation sites is 2. The second-order valence-corrected chi connectivity index (χ2v) is 8.13. The molecule has 2 aromatic heterocycles. The van der Waals surface area contributed by atoms with Gasteiger partial charge in [-0.05, 0) is 12.1 Å². The lowest BCUT2D eigenvalue weighted by molar-refractivity contribution is 0.233. The number of fused-ring (bicyclic) bond motifs is 2. The van der Waals surface area contributed by atoms with E-state index in [1.165, 1.54) is 0 Å². The van der Waals surface area contributed by atoms with Crippen molar-refractivity contribution in [3.8, 4) is 0 Å². The topological polar surface area (TPSA) is 66.8 Å². The van der Waals surface area contributed by atoms with E-state index in [1.54, 1.807) is 0 Å². The summed E-state index contributed by atoms with van der Waals surface area (Å²) in [6.45, 7) is 8.43. The number of rotatable bonds is 2. The fraction of sp³-hybridized carbons (Fsp3) is 0.450. The highest BCUT2D eigenvalue weighted by Crippen LogP contribution is 2.22. The summed E-state index contributed by atoms with van der Waals surface area (Å²) in [7, 11) is 2.05. The fourth-order valence-corrected chi connectivity index (χ4v) is 3.51. The molecule has 0 atom stereocenters. The summed E-state index contributed by atoms with van der Waals surface area (Å²) in [5.74, 6) is 1.79. The van der Waals surface area contributed by atoms with Crippen molar-refractivity contribution in [2.24, 2.45) is 7.05 Å². The maximum atomic E-state index is 12.6. The van der Waals surface area contributed by atoms with Crippen LogP contribution in [0.3, 0.4) is 0 Å². The molecule has 26 heavy (non-hydrogen) atoms. The van der Waals surface area contributed by atoms with Crippen LogP contribution >= 0.6 is 0 Å². The third kappa shape index (κ3) is 2.94. The van der Waals surface area contributed by atoms with Gasteiger partial charge in [-0.25, -0.2) is 9.97 Å². The number of benzene rings is 1. The van der Waals surface area contributed by atoms with Crippen LogP contribution in [0.4, 0.5) is 0 Å². The predicted molar refractivity (Wildman–Crippen MR) is 102 cm³/mol. The van der Waals surface area contributed by atoms with Crippen LogP contribution in [0.15, 0.2) is 29.1 Å². The lowest BCUT2D eigenvalue weighted by Gasteiger charge is -2.28. The average molecular weight is 351 g/mol. The van der Waals surface area contributed by atoms with Gasteiger partial charge in [-0.15, -0.1) is 0 Å². The quantitative estimate of drug-likeness (QED) is 0.770. The molecule has 0 fully saturated rings. The third-order valence-electron chi connectivity index (χ3n) is 5.10. The number of aryl methyl sites for hydroxylation is 1. The van der Waals surface area contributed by atoms with Crippen molar-refractivity contribution in [1.29, 1.82) is 0 Å². The number of nitrogens with one attached hydrogen (secondary N) is 1. The molecule has 0 bridgehead atoms.